The van der Waals surface area contributed by atoms with Gasteiger partial charge in [-0.15, -0.1) is 0 Å². The largest absolute Gasteiger partial charge is 0.467 e. The van der Waals surface area contributed by atoms with Crippen LogP contribution >= 0.6 is 0 Å². The van der Waals surface area contributed by atoms with Crippen LogP contribution in [0.25, 0.3) is 0 Å². The fourth-order valence-electron chi connectivity index (χ4n) is 2.16. The molecule has 0 fully saturated rings. The van der Waals surface area contributed by atoms with E-state index in [1.54, 1.807) is 6.92 Å². The first-order valence-corrected chi connectivity index (χ1v) is 7.90. The number of methoxy groups -OCH3 is 2. The van der Waals surface area contributed by atoms with Crippen molar-refractivity contribution in [2.45, 2.75) is 31.5 Å². The molecule has 0 aliphatic heterocycles. The van der Waals surface area contributed by atoms with Gasteiger partial charge in [-0.25, -0.2) is 9.97 Å². The zero-order valence-corrected chi connectivity index (χ0v) is 15.4. The Bertz CT molecular complexity index is 927. The molecule has 0 aliphatic carbocycles. The molecule has 2 heterocycles. The summed E-state index contributed by atoms with van der Waals surface area (Å²) < 4.78 is 9.92. The molecule has 0 aromatic carbocycles. The van der Waals surface area contributed by atoms with Gasteiger partial charge in [0, 0.05) is 11.9 Å². The third-order valence-electron chi connectivity index (χ3n) is 3.64. The molecule has 2 aromatic heterocycles. The Morgan fingerprint density at radius 1 is 1.11 bits per heavy atom. The van der Waals surface area contributed by atoms with Gasteiger partial charge in [0.2, 0.25) is 0 Å². The first-order chi connectivity index (χ1) is 12.7. The van der Waals surface area contributed by atoms with E-state index in [0.717, 1.165) is 0 Å². The first kappa shape index (κ1) is 20.1. The number of nitrogens with zero attached hydrogens (tertiary/aromatic N) is 4. The fourth-order valence-corrected chi connectivity index (χ4v) is 2.16. The van der Waals surface area contributed by atoms with Gasteiger partial charge in [0.05, 0.1) is 32.0 Å². The van der Waals surface area contributed by atoms with E-state index in [1.807, 2.05) is 5.92 Å². The molecule has 1 radical (unpaired) electrons. The Labute approximate surface area is 157 Å². The van der Waals surface area contributed by atoms with E-state index in [0.29, 0.717) is 5.69 Å². The van der Waals surface area contributed by atoms with Crippen LogP contribution in [0.2, 0.25) is 0 Å². The number of hydrogen-bond donors (Lipinski definition) is 2. The molecule has 0 aliphatic rings. The Morgan fingerprint density at radius 3 is 2.41 bits per heavy atom. The van der Waals surface area contributed by atoms with E-state index in [1.165, 1.54) is 39.5 Å². The number of rotatable bonds is 5. The lowest BCUT2D eigenvalue weighted by atomic mass is 9.94. The molecule has 0 saturated carbocycles. The third kappa shape index (κ3) is 4.70. The number of aliphatic hydroxyl groups is 2. The van der Waals surface area contributed by atoms with E-state index in [9.17, 15) is 10.2 Å². The minimum absolute atomic E-state index is 0.0618. The molecule has 0 spiro atoms. The third-order valence-corrected chi connectivity index (χ3v) is 3.64. The highest BCUT2D eigenvalue weighted by molar-refractivity contribution is 5.31. The van der Waals surface area contributed by atoms with Gasteiger partial charge in [-0.3, -0.25) is 0 Å². The maximum atomic E-state index is 10.7. The average molecular weight is 367 g/mol. The van der Waals surface area contributed by atoms with E-state index < -0.39 is 11.2 Å². The lowest BCUT2D eigenvalue weighted by Gasteiger charge is -2.20. The second-order valence-electron chi connectivity index (χ2n) is 5.85. The van der Waals surface area contributed by atoms with Crippen LogP contribution in [-0.2, 0) is 11.2 Å². The maximum Gasteiger partial charge on any atom is 0.316 e. The van der Waals surface area contributed by atoms with Gasteiger partial charge >= 0.3 is 12.0 Å². The van der Waals surface area contributed by atoms with Gasteiger partial charge in [-0.2, -0.15) is 9.97 Å². The van der Waals surface area contributed by atoms with Gasteiger partial charge in [0.25, 0.3) is 0 Å². The van der Waals surface area contributed by atoms with Crippen LogP contribution in [0.3, 0.4) is 0 Å². The van der Waals surface area contributed by atoms with Gasteiger partial charge in [0.1, 0.15) is 0 Å². The summed E-state index contributed by atoms with van der Waals surface area (Å²) >= 11 is 0. The van der Waals surface area contributed by atoms with Gasteiger partial charge in [-0.05, 0) is 38.3 Å². The first-order valence-electron chi connectivity index (χ1n) is 7.90. The predicted octanol–water partition coefficient (Wildman–Crippen LogP) is 0.671. The lowest BCUT2D eigenvalue weighted by Crippen LogP contribution is -2.26. The van der Waals surface area contributed by atoms with Crippen molar-refractivity contribution in [2.24, 2.45) is 0 Å². The quantitative estimate of drug-likeness (QED) is 0.742. The molecule has 0 bridgehead atoms. The summed E-state index contributed by atoms with van der Waals surface area (Å²) in [7, 11) is 2.82. The molecule has 27 heavy (non-hydrogen) atoms. The Balaban J connectivity index is 2.30. The van der Waals surface area contributed by atoms with E-state index in [-0.39, 0.29) is 29.8 Å². The van der Waals surface area contributed by atoms with Crippen molar-refractivity contribution in [2.75, 3.05) is 14.2 Å². The summed E-state index contributed by atoms with van der Waals surface area (Å²) in [6.07, 6.45) is 8.69. The Morgan fingerprint density at radius 2 is 1.78 bits per heavy atom. The monoisotopic (exact) mass is 367 g/mol. The zero-order chi connectivity index (χ0) is 20.1. The number of ether oxygens (including phenoxy) is 2. The normalized spacial score (nSPS) is 14.7. The minimum atomic E-state index is -1.88. The van der Waals surface area contributed by atoms with Gasteiger partial charge in [-0.1, -0.05) is 11.8 Å². The molecule has 2 aromatic rings. The maximum absolute atomic E-state index is 10.7. The van der Waals surface area contributed by atoms with E-state index >= 15 is 0 Å². The van der Waals surface area contributed by atoms with Crippen LogP contribution in [0.4, 0.5) is 0 Å². The van der Waals surface area contributed by atoms with Crippen molar-refractivity contribution in [3.05, 3.63) is 41.8 Å². The second kappa shape index (κ2) is 8.00. The van der Waals surface area contributed by atoms with Crippen LogP contribution in [0, 0.1) is 31.1 Å². The zero-order valence-electron chi connectivity index (χ0n) is 15.4. The molecular weight excluding hydrogens is 348 g/mol. The SMILES string of the molecule is [C]#CC(O)(CC#CC(C)(O)c1ccnc(OC)n1)c1cc(C)nc(OC)n1. The molecule has 2 rings (SSSR count). The smallest absolute Gasteiger partial charge is 0.316 e. The van der Waals surface area contributed by atoms with Crippen molar-refractivity contribution in [1.82, 2.24) is 19.9 Å². The highest BCUT2D eigenvalue weighted by Crippen LogP contribution is 2.25. The molecule has 8 nitrogen and oxygen atoms in total. The minimum Gasteiger partial charge on any atom is -0.467 e. The highest BCUT2D eigenvalue weighted by Gasteiger charge is 2.30. The summed E-state index contributed by atoms with van der Waals surface area (Å²) in [6.45, 7) is 3.16. The standard InChI is InChI=1S/C19H19N4O4/c1-6-19(25,15-12-13(2)21-17(23-15)27-5)10-7-9-18(3,24)14-8-11-20-16(22-14)26-4/h8,11-12,24-25H,10H2,2-5H3. The average Bonchev–Trinajstić information content (AvgIpc) is 2.67. The van der Waals surface area contributed by atoms with Crippen LogP contribution in [0.15, 0.2) is 18.3 Å². The molecule has 139 valence electrons. The van der Waals surface area contributed by atoms with E-state index in [4.69, 9.17) is 15.9 Å². The van der Waals surface area contributed by atoms with Gasteiger partial charge in [0.15, 0.2) is 11.2 Å². The summed E-state index contributed by atoms with van der Waals surface area (Å²) in [5.74, 6) is 7.35. The second-order valence-corrected chi connectivity index (χ2v) is 5.85. The Kier molecular flexibility index (Phi) is 5.96. The van der Waals surface area contributed by atoms with Crippen LogP contribution < -0.4 is 9.47 Å². The van der Waals surface area contributed by atoms with E-state index in [2.05, 4.69) is 31.8 Å². The van der Waals surface area contributed by atoms with Gasteiger partial charge < -0.3 is 19.7 Å². The summed E-state index contributed by atoms with van der Waals surface area (Å²) in [6, 6.07) is 3.18. The number of aromatic nitrogens is 4. The fraction of sp³-hybridized carbons (Fsp3) is 0.368. The van der Waals surface area contributed by atoms with Crippen molar-refractivity contribution in [3.63, 3.8) is 0 Å². The van der Waals surface area contributed by atoms with Crippen molar-refractivity contribution in [1.29, 1.82) is 0 Å². The van der Waals surface area contributed by atoms with Crippen molar-refractivity contribution < 1.29 is 19.7 Å². The summed E-state index contributed by atoms with van der Waals surface area (Å²) in [5.41, 5.74) is -2.58. The molecular formula is C19H19N4O4. The van der Waals surface area contributed by atoms with Crippen LogP contribution in [0.5, 0.6) is 12.0 Å². The Hall–Kier alpha value is -3.20. The topological polar surface area (TPSA) is 110 Å². The molecule has 8 heteroatoms. The van der Waals surface area contributed by atoms with Crippen LogP contribution in [-0.4, -0.2) is 44.4 Å². The highest BCUT2D eigenvalue weighted by atomic mass is 16.5. The van der Waals surface area contributed by atoms with Crippen molar-refractivity contribution >= 4 is 0 Å². The number of hydrogen-bond acceptors (Lipinski definition) is 8. The lowest BCUT2D eigenvalue weighted by molar-refractivity contribution is 0.0983. The molecule has 2 atom stereocenters. The summed E-state index contributed by atoms with van der Waals surface area (Å²) in [4.78, 5) is 16.0. The van der Waals surface area contributed by atoms with Crippen molar-refractivity contribution in [3.8, 4) is 29.8 Å². The predicted molar refractivity (Wildman–Crippen MR) is 94.9 cm³/mol. The molecule has 2 unspecified atom stereocenters. The molecule has 2 N–H and O–H groups in total. The summed E-state index contributed by atoms with van der Waals surface area (Å²) in [5, 5.41) is 21.3. The van der Waals surface area contributed by atoms with Crippen LogP contribution in [0.1, 0.15) is 30.4 Å². The number of aryl methyl sites for hydroxylation is 1. The molecule has 0 saturated heterocycles. The molecule has 0 amide bonds.